The molecule has 6 nitrogen and oxygen atoms in total. The van der Waals surface area contributed by atoms with Crippen molar-refractivity contribution in [1.82, 2.24) is 20.5 Å². The minimum Gasteiger partial charge on any atom is -0.379 e. The Morgan fingerprint density at radius 2 is 2.04 bits per heavy atom. The lowest BCUT2D eigenvalue weighted by atomic mass is 10.1. The van der Waals surface area contributed by atoms with Gasteiger partial charge in [0, 0.05) is 56.4 Å². The zero-order chi connectivity index (χ0) is 18.0. The van der Waals surface area contributed by atoms with E-state index in [-0.39, 0.29) is 24.0 Å². The van der Waals surface area contributed by atoms with Crippen LogP contribution in [-0.2, 0) is 11.2 Å². The summed E-state index contributed by atoms with van der Waals surface area (Å²) in [6, 6.07) is 8.47. The normalized spacial score (nSPS) is 15.5. The van der Waals surface area contributed by atoms with E-state index in [1.54, 1.807) is 0 Å². The van der Waals surface area contributed by atoms with Crippen LogP contribution in [0.2, 0.25) is 0 Å². The van der Waals surface area contributed by atoms with Crippen LogP contribution in [0.5, 0.6) is 0 Å². The highest BCUT2D eigenvalue weighted by Crippen LogP contribution is 2.18. The number of nitrogens with one attached hydrogen (secondary N) is 3. The number of aliphatic imine (C=N–C) groups is 1. The molecule has 0 amide bonds. The molecule has 1 aliphatic rings. The fraction of sp³-hybridized carbons (Fsp3) is 0.550. The molecule has 27 heavy (non-hydrogen) atoms. The van der Waals surface area contributed by atoms with Gasteiger partial charge < -0.3 is 20.4 Å². The van der Waals surface area contributed by atoms with Crippen molar-refractivity contribution in [2.24, 2.45) is 4.99 Å². The number of ether oxygens (including phenoxy) is 1. The highest BCUT2D eigenvalue weighted by Gasteiger charge is 2.09. The molecule has 0 saturated carbocycles. The lowest BCUT2D eigenvalue weighted by molar-refractivity contribution is 0.0389. The van der Waals surface area contributed by atoms with Crippen molar-refractivity contribution in [3.63, 3.8) is 0 Å². The number of aromatic nitrogens is 1. The van der Waals surface area contributed by atoms with Gasteiger partial charge in [0.2, 0.25) is 0 Å². The summed E-state index contributed by atoms with van der Waals surface area (Å²) in [5.74, 6) is 0.916. The molecule has 0 unspecified atom stereocenters. The van der Waals surface area contributed by atoms with Crippen LogP contribution in [0.4, 0.5) is 0 Å². The van der Waals surface area contributed by atoms with E-state index in [1.165, 1.54) is 16.5 Å². The van der Waals surface area contributed by atoms with Gasteiger partial charge in [0.25, 0.3) is 0 Å². The number of guanidine groups is 1. The van der Waals surface area contributed by atoms with Gasteiger partial charge in [-0.05, 0) is 31.4 Å². The summed E-state index contributed by atoms with van der Waals surface area (Å²) in [7, 11) is 0. The van der Waals surface area contributed by atoms with E-state index >= 15 is 0 Å². The third-order valence-corrected chi connectivity index (χ3v) is 4.72. The molecule has 3 rings (SSSR count). The van der Waals surface area contributed by atoms with Crippen molar-refractivity contribution in [1.29, 1.82) is 0 Å². The van der Waals surface area contributed by atoms with Crippen molar-refractivity contribution in [3.05, 3.63) is 36.0 Å². The number of H-pyrrole nitrogens is 1. The number of para-hydroxylation sites is 1. The zero-order valence-corrected chi connectivity index (χ0v) is 18.5. The predicted octanol–water partition coefficient (Wildman–Crippen LogP) is 2.61. The zero-order valence-electron chi connectivity index (χ0n) is 16.2. The third kappa shape index (κ3) is 6.97. The van der Waals surface area contributed by atoms with Crippen LogP contribution in [0, 0.1) is 0 Å². The molecule has 2 heterocycles. The lowest BCUT2D eigenvalue weighted by Crippen LogP contribution is -2.44. The molecular weight excluding hydrogens is 453 g/mol. The van der Waals surface area contributed by atoms with E-state index in [1.807, 2.05) is 0 Å². The number of nitrogens with zero attached hydrogens (tertiary/aromatic N) is 2. The van der Waals surface area contributed by atoms with E-state index in [0.29, 0.717) is 0 Å². The van der Waals surface area contributed by atoms with Crippen LogP contribution in [0.1, 0.15) is 18.9 Å². The minimum atomic E-state index is 0. The van der Waals surface area contributed by atoms with Gasteiger partial charge >= 0.3 is 0 Å². The van der Waals surface area contributed by atoms with Gasteiger partial charge in [-0.3, -0.25) is 9.89 Å². The maximum absolute atomic E-state index is 5.39. The van der Waals surface area contributed by atoms with E-state index in [4.69, 9.17) is 9.73 Å². The third-order valence-electron chi connectivity index (χ3n) is 4.72. The Labute approximate surface area is 179 Å². The first-order chi connectivity index (χ1) is 12.9. The summed E-state index contributed by atoms with van der Waals surface area (Å²) in [4.78, 5) is 10.5. The fourth-order valence-corrected chi connectivity index (χ4v) is 3.30. The molecule has 3 N–H and O–H groups in total. The maximum atomic E-state index is 5.39. The second-order valence-electron chi connectivity index (χ2n) is 6.60. The number of aromatic amines is 1. The van der Waals surface area contributed by atoms with Crippen LogP contribution >= 0.6 is 24.0 Å². The molecule has 1 aromatic carbocycles. The number of benzene rings is 1. The highest BCUT2D eigenvalue weighted by atomic mass is 127. The van der Waals surface area contributed by atoms with E-state index in [9.17, 15) is 0 Å². The Kier molecular flexibility index (Phi) is 9.93. The van der Waals surface area contributed by atoms with Gasteiger partial charge in [0.05, 0.1) is 13.2 Å². The molecule has 2 aromatic rings. The molecule has 0 atom stereocenters. The summed E-state index contributed by atoms with van der Waals surface area (Å²) in [6.07, 6.45) is 4.21. The second-order valence-corrected chi connectivity index (χ2v) is 6.60. The molecule has 150 valence electrons. The fourth-order valence-electron chi connectivity index (χ4n) is 3.30. The van der Waals surface area contributed by atoms with Crippen LogP contribution in [0.3, 0.4) is 0 Å². The summed E-state index contributed by atoms with van der Waals surface area (Å²) in [5.41, 5.74) is 2.59. The predicted molar refractivity (Wildman–Crippen MR) is 123 cm³/mol. The highest BCUT2D eigenvalue weighted by molar-refractivity contribution is 14.0. The quantitative estimate of drug-likeness (QED) is 0.233. The van der Waals surface area contributed by atoms with Gasteiger partial charge in [-0.25, -0.2) is 0 Å². The number of morpholine rings is 1. The molecule has 1 aliphatic heterocycles. The molecule has 0 radical (unpaired) electrons. The van der Waals surface area contributed by atoms with E-state index in [2.05, 4.69) is 57.9 Å². The first-order valence-electron chi connectivity index (χ1n) is 9.74. The molecular formula is C20H32IN5O. The molecule has 0 spiro atoms. The summed E-state index contributed by atoms with van der Waals surface area (Å²) < 4.78 is 5.39. The van der Waals surface area contributed by atoms with Crippen molar-refractivity contribution < 1.29 is 4.74 Å². The van der Waals surface area contributed by atoms with Crippen LogP contribution < -0.4 is 10.6 Å². The van der Waals surface area contributed by atoms with E-state index < -0.39 is 0 Å². The molecule has 7 heteroatoms. The average molecular weight is 485 g/mol. The number of hydrogen-bond acceptors (Lipinski definition) is 3. The molecule has 0 aliphatic carbocycles. The topological polar surface area (TPSA) is 64.7 Å². The van der Waals surface area contributed by atoms with Crippen LogP contribution in [0.25, 0.3) is 10.9 Å². The van der Waals surface area contributed by atoms with Gasteiger partial charge in [-0.1, -0.05) is 18.2 Å². The summed E-state index contributed by atoms with van der Waals surface area (Å²) in [6.45, 7) is 9.50. The summed E-state index contributed by atoms with van der Waals surface area (Å²) in [5, 5.41) is 8.10. The number of rotatable bonds is 8. The lowest BCUT2D eigenvalue weighted by Gasteiger charge is -2.26. The number of aryl methyl sites for hydroxylation is 1. The number of fused-ring (bicyclic) bond motifs is 1. The van der Waals surface area contributed by atoms with E-state index in [0.717, 1.165) is 71.3 Å². The summed E-state index contributed by atoms with van der Waals surface area (Å²) >= 11 is 0. The van der Waals surface area contributed by atoms with Crippen LogP contribution in [-0.4, -0.2) is 68.3 Å². The first-order valence-corrected chi connectivity index (χ1v) is 9.74. The van der Waals surface area contributed by atoms with Gasteiger partial charge in [-0.2, -0.15) is 0 Å². The van der Waals surface area contributed by atoms with Crippen LogP contribution in [0.15, 0.2) is 35.5 Å². The molecule has 0 bridgehead atoms. The van der Waals surface area contributed by atoms with Crippen molar-refractivity contribution in [3.8, 4) is 0 Å². The van der Waals surface area contributed by atoms with Crippen molar-refractivity contribution >= 4 is 40.8 Å². The molecule has 1 aromatic heterocycles. The Bertz CT molecular complexity index is 696. The van der Waals surface area contributed by atoms with Gasteiger partial charge in [0.15, 0.2) is 5.96 Å². The first kappa shape index (κ1) is 22.0. The number of halogens is 1. The average Bonchev–Trinajstić information content (AvgIpc) is 3.09. The SMILES string of the molecule is CCNC(=NCCCc1c[nH]c2ccccc12)NCCN1CCOCC1.I. The largest absolute Gasteiger partial charge is 0.379 e. The molecule has 1 saturated heterocycles. The Morgan fingerprint density at radius 3 is 2.85 bits per heavy atom. The van der Waals surface area contributed by atoms with Crippen molar-refractivity contribution in [2.45, 2.75) is 19.8 Å². The minimum absolute atomic E-state index is 0. The number of hydrogen-bond donors (Lipinski definition) is 3. The smallest absolute Gasteiger partial charge is 0.191 e. The standard InChI is InChI=1S/C20H31N5O.HI/c1-2-21-20(23-10-11-25-12-14-26-15-13-25)22-9-5-6-17-16-24-19-8-4-3-7-18(17)19;/h3-4,7-8,16,24H,2,5-6,9-15H2,1H3,(H2,21,22,23);1H. The Hall–Kier alpha value is -1.32. The monoisotopic (exact) mass is 485 g/mol. The maximum Gasteiger partial charge on any atom is 0.191 e. The second kappa shape index (κ2) is 12.2. The van der Waals surface area contributed by atoms with Gasteiger partial charge in [-0.15, -0.1) is 24.0 Å². The Balaban J connectivity index is 0.00000261. The Morgan fingerprint density at radius 1 is 1.22 bits per heavy atom. The molecule has 1 fully saturated rings. The van der Waals surface area contributed by atoms with Gasteiger partial charge in [0.1, 0.15) is 0 Å². The van der Waals surface area contributed by atoms with Crippen molar-refractivity contribution in [2.75, 3.05) is 52.5 Å².